The molecule has 0 radical (unpaired) electrons. The van der Waals surface area contributed by atoms with Crippen LogP contribution in [0, 0.1) is 5.41 Å². The number of carbonyl (C=O) groups is 1. The van der Waals surface area contributed by atoms with Gasteiger partial charge in [-0.15, -0.1) is 11.3 Å². The van der Waals surface area contributed by atoms with E-state index in [2.05, 4.69) is 37.5 Å². The van der Waals surface area contributed by atoms with Crippen LogP contribution in [0.3, 0.4) is 0 Å². The number of hydrogen-bond donors (Lipinski definition) is 1. The average molecular weight is 266 g/mol. The summed E-state index contributed by atoms with van der Waals surface area (Å²) in [5.74, 6) is 0.216. The Morgan fingerprint density at radius 1 is 1.50 bits per heavy atom. The average Bonchev–Trinajstić information content (AvgIpc) is 2.68. The summed E-state index contributed by atoms with van der Waals surface area (Å²) < 4.78 is 0. The Morgan fingerprint density at radius 2 is 2.22 bits per heavy atom. The second-order valence-corrected chi connectivity index (χ2v) is 7.05. The van der Waals surface area contributed by atoms with Crippen LogP contribution in [0.2, 0.25) is 0 Å². The molecule has 100 valence electrons. The summed E-state index contributed by atoms with van der Waals surface area (Å²) in [6.45, 7) is 8.18. The second-order valence-electron chi connectivity index (χ2n) is 6.10. The molecule has 1 aromatic rings. The standard InChI is InChI=1S/C14H22N2OS/c1-14(2,3)9-16-7-5-10-6-8-18-12(10)11(15-4)13(16)17/h6,8,11,15H,5,7,9H2,1-4H3. The minimum Gasteiger partial charge on any atom is -0.340 e. The lowest BCUT2D eigenvalue weighted by Crippen LogP contribution is -2.42. The first-order chi connectivity index (χ1) is 8.42. The third-order valence-corrected chi connectivity index (χ3v) is 4.23. The maximum absolute atomic E-state index is 12.6. The van der Waals surface area contributed by atoms with Crippen LogP contribution in [0.1, 0.15) is 37.3 Å². The van der Waals surface area contributed by atoms with Crippen molar-refractivity contribution in [2.75, 3.05) is 20.1 Å². The summed E-state index contributed by atoms with van der Waals surface area (Å²) in [6.07, 6.45) is 0.971. The first kappa shape index (κ1) is 13.6. The van der Waals surface area contributed by atoms with Crippen molar-refractivity contribution < 1.29 is 4.79 Å². The van der Waals surface area contributed by atoms with Crippen molar-refractivity contribution in [3.05, 3.63) is 21.9 Å². The molecule has 18 heavy (non-hydrogen) atoms. The van der Waals surface area contributed by atoms with Crippen LogP contribution in [0.15, 0.2) is 11.4 Å². The summed E-state index contributed by atoms with van der Waals surface area (Å²) in [7, 11) is 1.87. The quantitative estimate of drug-likeness (QED) is 0.891. The maximum Gasteiger partial charge on any atom is 0.245 e. The number of carbonyl (C=O) groups excluding carboxylic acids is 1. The van der Waals surface area contributed by atoms with Crippen molar-refractivity contribution in [3.63, 3.8) is 0 Å². The summed E-state index contributed by atoms with van der Waals surface area (Å²) in [5.41, 5.74) is 1.47. The number of rotatable bonds is 2. The Bertz CT molecular complexity index is 433. The van der Waals surface area contributed by atoms with Gasteiger partial charge in [0, 0.05) is 18.0 Å². The van der Waals surface area contributed by atoms with Gasteiger partial charge in [0.25, 0.3) is 0 Å². The number of fused-ring (bicyclic) bond motifs is 1. The molecule has 1 amide bonds. The third kappa shape index (κ3) is 2.75. The van der Waals surface area contributed by atoms with Gasteiger partial charge < -0.3 is 10.2 Å². The number of amides is 1. The normalized spacial score (nSPS) is 20.8. The van der Waals surface area contributed by atoms with E-state index in [9.17, 15) is 4.79 Å². The van der Waals surface area contributed by atoms with Gasteiger partial charge in [-0.2, -0.15) is 0 Å². The lowest BCUT2D eigenvalue weighted by Gasteiger charge is -2.30. The van der Waals surface area contributed by atoms with E-state index in [0.29, 0.717) is 0 Å². The molecule has 1 aliphatic rings. The minimum atomic E-state index is -0.162. The first-order valence-electron chi connectivity index (χ1n) is 6.45. The molecule has 0 aliphatic carbocycles. The molecule has 0 aromatic carbocycles. The van der Waals surface area contributed by atoms with Crippen molar-refractivity contribution >= 4 is 17.2 Å². The van der Waals surface area contributed by atoms with Crippen LogP contribution in [-0.2, 0) is 11.2 Å². The molecule has 0 bridgehead atoms. The number of likely N-dealkylation sites (N-methyl/N-ethyl adjacent to an activating group) is 1. The Hall–Kier alpha value is -0.870. The highest BCUT2D eigenvalue weighted by molar-refractivity contribution is 7.10. The topological polar surface area (TPSA) is 32.3 Å². The van der Waals surface area contributed by atoms with E-state index in [1.807, 2.05) is 11.9 Å². The van der Waals surface area contributed by atoms with Crippen LogP contribution in [0.4, 0.5) is 0 Å². The van der Waals surface area contributed by atoms with E-state index >= 15 is 0 Å². The van der Waals surface area contributed by atoms with E-state index in [0.717, 1.165) is 19.5 Å². The SMILES string of the molecule is CNC1C(=O)N(CC(C)(C)C)CCc2ccsc21. The predicted molar refractivity (Wildman–Crippen MR) is 75.9 cm³/mol. The largest absolute Gasteiger partial charge is 0.340 e. The highest BCUT2D eigenvalue weighted by Crippen LogP contribution is 2.30. The van der Waals surface area contributed by atoms with Gasteiger partial charge in [0.15, 0.2) is 0 Å². The first-order valence-corrected chi connectivity index (χ1v) is 7.32. The molecule has 1 N–H and O–H groups in total. The number of nitrogens with zero attached hydrogens (tertiary/aromatic N) is 1. The summed E-state index contributed by atoms with van der Waals surface area (Å²) in [4.78, 5) is 15.8. The number of hydrogen-bond acceptors (Lipinski definition) is 3. The van der Waals surface area contributed by atoms with Gasteiger partial charge in [0.1, 0.15) is 6.04 Å². The zero-order chi connectivity index (χ0) is 13.3. The fourth-order valence-electron chi connectivity index (χ4n) is 2.45. The van der Waals surface area contributed by atoms with Gasteiger partial charge in [0.2, 0.25) is 5.91 Å². The highest BCUT2D eigenvalue weighted by Gasteiger charge is 2.32. The molecule has 1 unspecified atom stereocenters. The molecule has 1 aliphatic heterocycles. The predicted octanol–water partition coefficient (Wildman–Crippen LogP) is 2.44. The molecule has 2 rings (SSSR count). The van der Waals surface area contributed by atoms with E-state index in [4.69, 9.17) is 0 Å². The maximum atomic E-state index is 12.6. The molecule has 1 aromatic heterocycles. The van der Waals surface area contributed by atoms with Crippen molar-refractivity contribution in [1.82, 2.24) is 10.2 Å². The van der Waals surface area contributed by atoms with Gasteiger partial charge >= 0.3 is 0 Å². The zero-order valence-corrected chi connectivity index (χ0v) is 12.4. The van der Waals surface area contributed by atoms with Crippen molar-refractivity contribution in [2.45, 2.75) is 33.2 Å². The second kappa shape index (κ2) is 5.02. The molecule has 0 spiro atoms. The van der Waals surface area contributed by atoms with Crippen molar-refractivity contribution in [3.8, 4) is 0 Å². The Morgan fingerprint density at radius 3 is 2.83 bits per heavy atom. The summed E-state index contributed by atoms with van der Waals surface area (Å²) in [5, 5.41) is 5.26. The van der Waals surface area contributed by atoms with Crippen LogP contribution < -0.4 is 5.32 Å². The van der Waals surface area contributed by atoms with Crippen molar-refractivity contribution in [1.29, 1.82) is 0 Å². The molecule has 4 heteroatoms. The lowest BCUT2D eigenvalue weighted by atomic mass is 9.96. The number of thiophene rings is 1. The molecule has 0 fully saturated rings. The van der Waals surface area contributed by atoms with Crippen LogP contribution >= 0.6 is 11.3 Å². The minimum absolute atomic E-state index is 0.145. The van der Waals surface area contributed by atoms with Crippen LogP contribution in [-0.4, -0.2) is 30.9 Å². The van der Waals surface area contributed by atoms with Gasteiger partial charge in [-0.05, 0) is 35.9 Å². The smallest absolute Gasteiger partial charge is 0.245 e. The lowest BCUT2D eigenvalue weighted by molar-refractivity contribution is -0.134. The zero-order valence-electron chi connectivity index (χ0n) is 11.6. The fraction of sp³-hybridized carbons (Fsp3) is 0.643. The molecular formula is C14H22N2OS. The Labute approximate surface area is 113 Å². The number of nitrogens with one attached hydrogen (secondary N) is 1. The Kier molecular flexibility index (Phi) is 3.78. The fourth-order valence-corrected chi connectivity index (χ4v) is 3.51. The van der Waals surface area contributed by atoms with Gasteiger partial charge in [-0.1, -0.05) is 20.8 Å². The summed E-state index contributed by atoms with van der Waals surface area (Å²) in [6, 6.07) is 1.99. The molecule has 2 heterocycles. The van der Waals surface area contributed by atoms with E-state index < -0.39 is 0 Å². The highest BCUT2D eigenvalue weighted by atomic mass is 32.1. The van der Waals surface area contributed by atoms with E-state index in [1.54, 1.807) is 11.3 Å². The summed E-state index contributed by atoms with van der Waals surface area (Å²) >= 11 is 1.69. The molecule has 0 saturated heterocycles. The van der Waals surface area contributed by atoms with Crippen LogP contribution in [0.25, 0.3) is 0 Å². The molecule has 1 atom stereocenters. The van der Waals surface area contributed by atoms with Gasteiger partial charge in [-0.25, -0.2) is 0 Å². The molecule has 3 nitrogen and oxygen atoms in total. The Balaban J connectivity index is 2.25. The molecule has 0 saturated carbocycles. The third-order valence-electron chi connectivity index (χ3n) is 3.21. The van der Waals surface area contributed by atoms with E-state index in [-0.39, 0.29) is 17.4 Å². The van der Waals surface area contributed by atoms with Crippen molar-refractivity contribution in [2.24, 2.45) is 5.41 Å². The van der Waals surface area contributed by atoms with Gasteiger partial charge in [-0.3, -0.25) is 4.79 Å². The monoisotopic (exact) mass is 266 g/mol. The molecular weight excluding hydrogens is 244 g/mol. The van der Waals surface area contributed by atoms with E-state index in [1.165, 1.54) is 10.4 Å². The van der Waals surface area contributed by atoms with Crippen LogP contribution in [0.5, 0.6) is 0 Å². The van der Waals surface area contributed by atoms with Gasteiger partial charge in [0.05, 0.1) is 0 Å².